The van der Waals surface area contributed by atoms with Crippen molar-refractivity contribution in [3.05, 3.63) is 64.2 Å². The van der Waals surface area contributed by atoms with Crippen LogP contribution in [0, 0.1) is 20.8 Å². The Kier molecular flexibility index (Phi) is 4.50. The lowest BCUT2D eigenvalue weighted by molar-refractivity contribution is 0.0693. The number of carboxylic acid groups (broad SMARTS) is 1. The van der Waals surface area contributed by atoms with Crippen molar-refractivity contribution in [1.29, 1.82) is 0 Å². The fraction of sp³-hybridized carbons (Fsp3) is 0.235. The smallest absolute Gasteiger partial charge is 0.336 e. The molecule has 0 fully saturated rings. The van der Waals surface area contributed by atoms with Gasteiger partial charge in [-0.15, -0.1) is 11.8 Å². The number of aryl methyl sites for hydroxylation is 3. The van der Waals surface area contributed by atoms with Crippen molar-refractivity contribution < 1.29 is 9.90 Å². The van der Waals surface area contributed by atoms with Crippen LogP contribution < -0.4 is 0 Å². The lowest BCUT2D eigenvalue weighted by Gasteiger charge is -2.10. The summed E-state index contributed by atoms with van der Waals surface area (Å²) < 4.78 is 0. The first-order chi connectivity index (χ1) is 9.47. The maximum atomic E-state index is 11.3. The predicted octanol–water partition coefficient (Wildman–Crippen LogP) is 4.60. The van der Waals surface area contributed by atoms with Crippen molar-refractivity contribution in [2.24, 2.45) is 0 Å². The number of benzene rings is 2. The summed E-state index contributed by atoms with van der Waals surface area (Å²) in [6.45, 7) is 6.12. The van der Waals surface area contributed by atoms with Gasteiger partial charge < -0.3 is 5.11 Å². The first-order valence-corrected chi connectivity index (χ1v) is 7.49. The van der Waals surface area contributed by atoms with Crippen LogP contribution in [-0.4, -0.2) is 11.1 Å². The van der Waals surface area contributed by atoms with Gasteiger partial charge in [-0.25, -0.2) is 4.79 Å². The summed E-state index contributed by atoms with van der Waals surface area (Å²) in [4.78, 5) is 12.1. The second kappa shape index (κ2) is 6.14. The molecule has 0 aliphatic carbocycles. The van der Waals surface area contributed by atoms with E-state index in [-0.39, 0.29) is 0 Å². The number of thioether (sulfide) groups is 1. The zero-order valence-corrected chi connectivity index (χ0v) is 12.8. The van der Waals surface area contributed by atoms with E-state index < -0.39 is 5.97 Å². The standard InChI is InChI=1S/C17H18O2S/c1-11-7-12(2)9-14(8-11)10-20-16-13(3)5-4-6-15(16)17(18)19/h4-9H,10H2,1-3H3,(H,18,19). The van der Waals surface area contributed by atoms with Crippen LogP contribution in [0.5, 0.6) is 0 Å². The van der Waals surface area contributed by atoms with Gasteiger partial charge in [0.05, 0.1) is 5.56 Å². The lowest BCUT2D eigenvalue weighted by Crippen LogP contribution is -2.00. The van der Waals surface area contributed by atoms with E-state index in [1.807, 2.05) is 13.0 Å². The summed E-state index contributed by atoms with van der Waals surface area (Å²) >= 11 is 1.59. The summed E-state index contributed by atoms with van der Waals surface area (Å²) in [5, 5.41) is 9.26. The topological polar surface area (TPSA) is 37.3 Å². The van der Waals surface area contributed by atoms with Crippen molar-refractivity contribution in [1.82, 2.24) is 0 Å². The SMILES string of the molecule is Cc1cc(C)cc(CSc2c(C)cccc2C(=O)O)c1. The molecule has 1 N–H and O–H groups in total. The summed E-state index contributed by atoms with van der Waals surface area (Å²) in [7, 11) is 0. The second-order valence-electron chi connectivity index (χ2n) is 5.04. The van der Waals surface area contributed by atoms with Gasteiger partial charge in [0, 0.05) is 10.6 Å². The molecule has 2 aromatic carbocycles. The van der Waals surface area contributed by atoms with E-state index in [1.54, 1.807) is 23.9 Å². The number of aromatic carboxylic acids is 1. The van der Waals surface area contributed by atoms with Crippen molar-refractivity contribution in [3.8, 4) is 0 Å². The monoisotopic (exact) mass is 286 g/mol. The molecule has 2 aromatic rings. The van der Waals surface area contributed by atoms with Gasteiger partial charge in [-0.3, -0.25) is 0 Å². The summed E-state index contributed by atoms with van der Waals surface area (Å²) in [5.74, 6) is -0.0789. The minimum Gasteiger partial charge on any atom is -0.478 e. The maximum Gasteiger partial charge on any atom is 0.336 e. The Labute approximate surface area is 123 Å². The Morgan fingerprint density at radius 1 is 1.10 bits per heavy atom. The third kappa shape index (κ3) is 3.42. The molecule has 0 spiro atoms. The molecule has 20 heavy (non-hydrogen) atoms. The zero-order valence-electron chi connectivity index (χ0n) is 11.9. The molecule has 0 aliphatic heterocycles. The van der Waals surface area contributed by atoms with Crippen molar-refractivity contribution in [3.63, 3.8) is 0 Å². The number of carbonyl (C=O) groups is 1. The zero-order chi connectivity index (χ0) is 14.7. The average Bonchev–Trinajstić information content (AvgIpc) is 2.35. The molecule has 0 saturated carbocycles. The molecule has 0 unspecified atom stereocenters. The lowest BCUT2D eigenvalue weighted by atomic mass is 10.1. The highest BCUT2D eigenvalue weighted by Gasteiger charge is 2.12. The molecule has 3 heteroatoms. The minimum atomic E-state index is -0.864. The first-order valence-electron chi connectivity index (χ1n) is 6.50. The molecule has 2 rings (SSSR count). The molecule has 0 aliphatic rings. The van der Waals surface area contributed by atoms with Crippen molar-refractivity contribution >= 4 is 17.7 Å². The molecule has 0 saturated heterocycles. The van der Waals surface area contributed by atoms with E-state index in [9.17, 15) is 9.90 Å². The van der Waals surface area contributed by atoms with Crippen LogP contribution in [0.3, 0.4) is 0 Å². The van der Waals surface area contributed by atoms with Gasteiger partial charge >= 0.3 is 5.97 Å². The third-order valence-electron chi connectivity index (χ3n) is 3.11. The van der Waals surface area contributed by atoms with Crippen LogP contribution in [0.15, 0.2) is 41.3 Å². The van der Waals surface area contributed by atoms with Gasteiger partial charge in [-0.05, 0) is 38.0 Å². The normalized spacial score (nSPS) is 10.6. The Morgan fingerprint density at radius 3 is 2.35 bits per heavy atom. The van der Waals surface area contributed by atoms with Crippen molar-refractivity contribution in [2.75, 3.05) is 0 Å². The molecule has 0 aromatic heterocycles. The quantitative estimate of drug-likeness (QED) is 0.834. The molecule has 104 valence electrons. The molecule has 0 atom stereocenters. The van der Waals surface area contributed by atoms with Gasteiger partial charge in [0.1, 0.15) is 0 Å². The molecule has 0 heterocycles. The van der Waals surface area contributed by atoms with E-state index in [0.717, 1.165) is 16.2 Å². The number of rotatable bonds is 4. The highest BCUT2D eigenvalue weighted by Crippen LogP contribution is 2.30. The summed E-state index contributed by atoms with van der Waals surface area (Å²) in [5.41, 5.74) is 5.11. The molecule has 2 nitrogen and oxygen atoms in total. The fourth-order valence-corrected chi connectivity index (χ4v) is 3.40. The number of hydrogen-bond acceptors (Lipinski definition) is 2. The summed E-state index contributed by atoms with van der Waals surface area (Å²) in [6, 6.07) is 11.9. The van der Waals surface area contributed by atoms with E-state index >= 15 is 0 Å². The van der Waals surface area contributed by atoms with Crippen LogP contribution in [-0.2, 0) is 5.75 Å². The Morgan fingerprint density at radius 2 is 1.75 bits per heavy atom. The number of carboxylic acids is 1. The van der Waals surface area contributed by atoms with E-state index in [0.29, 0.717) is 5.56 Å². The fourth-order valence-electron chi connectivity index (χ4n) is 2.32. The summed E-state index contributed by atoms with van der Waals surface area (Å²) in [6.07, 6.45) is 0. The van der Waals surface area contributed by atoms with E-state index in [4.69, 9.17) is 0 Å². The van der Waals surface area contributed by atoms with E-state index in [1.165, 1.54) is 16.7 Å². The molecule has 0 bridgehead atoms. The highest BCUT2D eigenvalue weighted by atomic mass is 32.2. The van der Waals surface area contributed by atoms with E-state index in [2.05, 4.69) is 32.0 Å². The number of hydrogen-bond donors (Lipinski definition) is 1. The molecule has 0 amide bonds. The van der Waals surface area contributed by atoms with Gasteiger partial charge in [0.2, 0.25) is 0 Å². The third-order valence-corrected chi connectivity index (χ3v) is 4.42. The average molecular weight is 286 g/mol. The molecular formula is C17H18O2S. The van der Waals surface area contributed by atoms with Crippen LogP contribution >= 0.6 is 11.8 Å². The van der Waals surface area contributed by atoms with Crippen LogP contribution in [0.1, 0.15) is 32.6 Å². The largest absolute Gasteiger partial charge is 0.478 e. The highest BCUT2D eigenvalue weighted by molar-refractivity contribution is 7.98. The van der Waals surface area contributed by atoms with Gasteiger partial charge in [0.15, 0.2) is 0 Å². The van der Waals surface area contributed by atoms with Crippen LogP contribution in [0.25, 0.3) is 0 Å². The molecular weight excluding hydrogens is 268 g/mol. The Hall–Kier alpha value is -1.74. The second-order valence-corrected chi connectivity index (χ2v) is 6.03. The minimum absolute atomic E-state index is 0.388. The predicted molar refractivity (Wildman–Crippen MR) is 83.6 cm³/mol. The van der Waals surface area contributed by atoms with Crippen LogP contribution in [0.4, 0.5) is 0 Å². The van der Waals surface area contributed by atoms with Crippen LogP contribution in [0.2, 0.25) is 0 Å². The first kappa shape index (κ1) is 14.7. The Bertz CT molecular complexity index is 627. The van der Waals surface area contributed by atoms with Gasteiger partial charge in [-0.1, -0.05) is 41.5 Å². The molecule has 0 radical (unpaired) electrons. The van der Waals surface area contributed by atoms with Gasteiger partial charge in [0.25, 0.3) is 0 Å². The Balaban J connectivity index is 2.25. The maximum absolute atomic E-state index is 11.3. The van der Waals surface area contributed by atoms with Gasteiger partial charge in [-0.2, -0.15) is 0 Å². The van der Waals surface area contributed by atoms with Crippen molar-refractivity contribution in [2.45, 2.75) is 31.4 Å².